The third-order valence-electron chi connectivity index (χ3n) is 0.569. The molecular weight excluding hydrogens is 133 g/mol. The summed E-state index contributed by atoms with van der Waals surface area (Å²) in [6.45, 7) is 0. The van der Waals surface area contributed by atoms with Crippen molar-refractivity contribution in [3.05, 3.63) is 18.3 Å². The number of hydrogen-bond donors (Lipinski definition) is 1. The van der Waals surface area contributed by atoms with Crippen LogP contribution in [0.3, 0.4) is 0 Å². The molecule has 0 bridgehead atoms. The van der Waals surface area contributed by atoms with Gasteiger partial charge in [-0.05, 0) is 12.3 Å². The van der Waals surface area contributed by atoms with E-state index in [1.807, 2.05) is 18.3 Å². The van der Waals surface area contributed by atoms with E-state index in [-0.39, 0.29) is 51.4 Å². The summed E-state index contributed by atoms with van der Waals surface area (Å²) in [4.78, 5) is 2.81. The Balaban J connectivity index is 0.000000360. The average Bonchev–Trinajstić information content (AvgIpc) is 1.86. The molecule has 0 aliphatic carbocycles. The maximum Gasteiger partial charge on any atom is 1.00 e. The Morgan fingerprint density at radius 1 is 1.57 bits per heavy atom. The van der Waals surface area contributed by atoms with Gasteiger partial charge in [0.05, 0.1) is 0 Å². The van der Waals surface area contributed by atoms with Crippen molar-refractivity contribution in [2.75, 3.05) is 0 Å². The molecule has 0 spiro atoms. The standard InChI is InChI=1S/C4H5NS.K/c6-4-2-1-3-5-4;/h1-3,5-6H;/q;+1/p-1. The summed E-state index contributed by atoms with van der Waals surface area (Å²) in [6, 6.07) is 3.72. The molecule has 1 heterocycles. The van der Waals surface area contributed by atoms with Crippen LogP contribution >= 0.6 is 0 Å². The summed E-state index contributed by atoms with van der Waals surface area (Å²) >= 11 is 4.69. The van der Waals surface area contributed by atoms with Crippen molar-refractivity contribution in [2.45, 2.75) is 5.03 Å². The summed E-state index contributed by atoms with van der Waals surface area (Å²) in [7, 11) is 0. The van der Waals surface area contributed by atoms with E-state index in [2.05, 4.69) is 17.6 Å². The zero-order valence-electron chi connectivity index (χ0n) is 4.14. The molecule has 32 valence electrons. The minimum Gasteiger partial charge on any atom is -0.762 e. The molecule has 1 N–H and O–H groups in total. The first-order valence-corrected chi connectivity index (χ1v) is 2.11. The summed E-state index contributed by atoms with van der Waals surface area (Å²) in [5.41, 5.74) is 0. The van der Waals surface area contributed by atoms with Gasteiger partial charge in [-0.1, -0.05) is 6.07 Å². The molecule has 3 heteroatoms. The fourth-order valence-electron chi connectivity index (χ4n) is 0.314. The zero-order chi connectivity index (χ0) is 4.41. The third-order valence-corrected chi connectivity index (χ3v) is 0.823. The van der Waals surface area contributed by atoms with Crippen LogP contribution in [0.15, 0.2) is 23.4 Å². The molecule has 0 saturated heterocycles. The van der Waals surface area contributed by atoms with Gasteiger partial charge in [0.1, 0.15) is 0 Å². The van der Waals surface area contributed by atoms with Gasteiger partial charge in [-0.25, -0.2) is 0 Å². The van der Waals surface area contributed by atoms with Gasteiger partial charge in [-0.3, -0.25) is 0 Å². The van der Waals surface area contributed by atoms with Crippen LogP contribution in [0.25, 0.3) is 0 Å². The molecule has 0 radical (unpaired) electrons. The number of H-pyrrole nitrogens is 1. The Kier molecular flexibility index (Phi) is 4.72. The van der Waals surface area contributed by atoms with Crippen molar-refractivity contribution in [3.63, 3.8) is 0 Å². The number of aromatic amines is 1. The van der Waals surface area contributed by atoms with Gasteiger partial charge < -0.3 is 17.6 Å². The van der Waals surface area contributed by atoms with Crippen molar-refractivity contribution >= 4 is 12.6 Å². The molecule has 0 amide bonds. The Bertz CT molecular complexity index is 115. The molecule has 7 heavy (non-hydrogen) atoms. The molecule has 0 unspecified atom stereocenters. The van der Waals surface area contributed by atoms with Gasteiger partial charge >= 0.3 is 51.4 Å². The number of rotatable bonds is 0. The van der Waals surface area contributed by atoms with Crippen LogP contribution in [0.2, 0.25) is 0 Å². The summed E-state index contributed by atoms with van der Waals surface area (Å²) in [5, 5.41) is 0.801. The fourth-order valence-corrected chi connectivity index (χ4v) is 0.460. The van der Waals surface area contributed by atoms with Crippen LogP contribution < -0.4 is 51.4 Å². The molecule has 0 aliphatic heterocycles. The van der Waals surface area contributed by atoms with Crippen LogP contribution in [0.1, 0.15) is 0 Å². The smallest absolute Gasteiger partial charge is 0.762 e. The quantitative estimate of drug-likeness (QED) is 0.321. The number of nitrogens with one attached hydrogen (secondary N) is 1. The van der Waals surface area contributed by atoms with E-state index in [0.717, 1.165) is 5.03 Å². The monoisotopic (exact) mass is 137 g/mol. The molecule has 0 aromatic carbocycles. The van der Waals surface area contributed by atoms with Crippen molar-refractivity contribution in [1.29, 1.82) is 0 Å². The molecular formula is C4H4KNS. The first kappa shape index (κ1) is 8.14. The molecule has 0 atom stereocenters. The topological polar surface area (TPSA) is 15.8 Å². The summed E-state index contributed by atoms with van der Waals surface area (Å²) < 4.78 is 0. The molecule has 0 saturated carbocycles. The van der Waals surface area contributed by atoms with Gasteiger partial charge in [0.25, 0.3) is 0 Å². The van der Waals surface area contributed by atoms with Crippen LogP contribution in [-0.2, 0) is 12.6 Å². The minimum absolute atomic E-state index is 0. The molecule has 0 aliphatic rings. The molecule has 1 nitrogen and oxygen atoms in total. The van der Waals surface area contributed by atoms with Crippen molar-refractivity contribution < 1.29 is 51.4 Å². The fraction of sp³-hybridized carbons (Fsp3) is 0. The molecule has 1 aromatic heterocycles. The van der Waals surface area contributed by atoms with Crippen molar-refractivity contribution in [1.82, 2.24) is 4.98 Å². The summed E-state index contributed by atoms with van der Waals surface area (Å²) in [6.07, 6.45) is 1.81. The maximum absolute atomic E-state index is 4.69. The first-order valence-electron chi connectivity index (χ1n) is 1.70. The molecule has 1 rings (SSSR count). The second kappa shape index (κ2) is 4.06. The van der Waals surface area contributed by atoms with Gasteiger partial charge in [-0.2, -0.15) is 0 Å². The van der Waals surface area contributed by atoms with Crippen LogP contribution in [-0.4, -0.2) is 4.98 Å². The van der Waals surface area contributed by atoms with Gasteiger partial charge in [0.2, 0.25) is 0 Å². The number of aromatic nitrogens is 1. The summed E-state index contributed by atoms with van der Waals surface area (Å²) in [5.74, 6) is 0. The van der Waals surface area contributed by atoms with E-state index < -0.39 is 0 Å². The van der Waals surface area contributed by atoms with Crippen LogP contribution in [0.5, 0.6) is 0 Å². The van der Waals surface area contributed by atoms with E-state index in [4.69, 9.17) is 0 Å². The van der Waals surface area contributed by atoms with Gasteiger partial charge in [0, 0.05) is 0 Å². The minimum atomic E-state index is 0. The van der Waals surface area contributed by atoms with Gasteiger partial charge in [0.15, 0.2) is 0 Å². The van der Waals surface area contributed by atoms with E-state index in [9.17, 15) is 0 Å². The SMILES string of the molecule is [K+].[S-]c1ccc[nH]1. The van der Waals surface area contributed by atoms with E-state index in [0.29, 0.717) is 0 Å². The zero-order valence-corrected chi connectivity index (χ0v) is 8.08. The normalized spacial score (nSPS) is 7.43. The van der Waals surface area contributed by atoms with Crippen molar-refractivity contribution in [2.24, 2.45) is 0 Å². The van der Waals surface area contributed by atoms with Crippen LogP contribution in [0.4, 0.5) is 0 Å². The largest absolute Gasteiger partial charge is 1.00 e. The number of hydrogen-bond acceptors (Lipinski definition) is 1. The predicted molar refractivity (Wildman–Crippen MR) is 26.4 cm³/mol. The van der Waals surface area contributed by atoms with Crippen molar-refractivity contribution in [3.8, 4) is 0 Å². The Morgan fingerprint density at radius 2 is 2.29 bits per heavy atom. The Labute approximate surface area is 90.7 Å². The van der Waals surface area contributed by atoms with E-state index >= 15 is 0 Å². The Morgan fingerprint density at radius 3 is 2.43 bits per heavy atom. The van der Waals surface area contributed by atoms with Crippen LogP contribution in [0, 0.1) is 0 Å². The Hall–Kier alpha value is 1.14. The predicted octanol–water partition coefficient (Wildman–Crippen LogP) is -2.08. The second-order valence-corrected chi connectivity index (χ2v) is 1.47. The average molecular weight is 137 g/mol. The molecule has 0 fully saturated rings. The van der Waals surface area contributed by atoms with Gasteiger partial charge in [-0.15, -0.1) is 5.03 Å². The maximum atomic E-state index is 4.69. The van der Waals surface area contributed by atoms with E-state index in [1.54, 1.807) is 0 Å². The molecule has 1 aromatic rings. The van der Waals surface area contributed by atoms with E-state index in [1.165, 1.54) is 0 Å². The second-order valence-electron chi connectivity index (χ2n) is 1.03. The third kappa shape index (κ3) is 2.84. The first-order chi connectivity index (χ1) is 2.89.